The molecule has 0 unspecified atom stereocenters. The number of carbonyl (C=O) groups excluding carboxylic acids is 1. The monoisotopic (exact) mass is 281 g/mol. The van der Waals surface area contributed by atoms with Gasteiger partial charge in [-0.3, -0.25) is 20.3 Å². The first-order valence-corrected chi connectivity index (χ1v) is 5.92. The summed E-state index contributed by atoms with van der Waals surface area (Å²) in [6, 6.07) is 0. The van der Waals surface area contributed by atoms with E-state index in [4.69, 9.17) is 5.84 Å². The number of nitro groups is 1. The van der Waals surface area contributed by atoms with Crippen LogP contribution < -0.4 is 21.5 Å². The van der Waals surface area contributed by atoms with Crippen molar-refractivity contribution in [1.29, 1.82) is 0 Å². The van der Waals surface area contributed by atoms with Crippen molar-refractivity contribution in [2.24, 2.45) is 5.84 Å². The first kappa shape index (κ1) is 13.9. The number of carbonyl (C=O) groups is 1. The van der Waals surface area contributed by atoms with Crippen LogP contribution in [-0.2, 0) is 4.79 Å². The molecule has 1 amide bonds. The smallest absolute Gasteiger partial charge is 0.329 e. The van der Waals surface area contributed by atoms with Crippen LogP contribution in [0.1, 0.15) is 13.8 Å². The predicted octanol–water partition coefficient (Wildman–Crippen LogP) is -0.615. The molecule has 1 aromatic rings. The third-order valence-electron chi connectivity index (χ3n) is 3.18. The summed E-state index contributed by atoms with van der Waals surface area (Å²) in [6.07, 6.45) is 1.07. The molecule has 0 aromatic carbocycles. The number of hydrogen-bond donors (Lipinski definition) is 3. The van der Waals surface area contributed by atoms with Crippen LogP contribution in [0.15, 0.2) is 6.20 Å². The molecule has 0 saturated carbocycles. The number of hydrogen-bond acceptors (Lipinski definition) is 8. The van der Waals surface area contributed by atoms with Crippen LogP contribution in [0.5, 0.6) is 0 Å². The van der Waals surface area contributed by atoms with E-state index in [0.717, 1.165) is 6.20 Å². The minimum absolute atomic E-state index is 0.0485. The number of rotatable bonds is 3. The van der Waals surface area contributed by atoms with Crippen molar-refractivity contribution in [3.05, 3.63) is 16.3 Å². The zero-order valence-corrected chi connectivity index (χ0v) is 11.1. The van der Waals surface area contributed by atoms with Crippen LogP contribution in [0.2, 0.25) is 0 Å². The van der Waals surface area contributed by atoms with Gasteiger partial charge in [-0.05, 0) is 13.8 Å². The Bertz CT molecular complexity index is 560. The van der Waals surface area contributed by atoms with Crippen molar-refractivity contribution < 1.29 is 9.72 Å². The molecule has 0 spiro atoms. The molecule has 0 atom stereocenters. The predicted molar refractivity (Wildman–Crippen MR) is 70.9 cm³/mol. The summed E-state index contributed by atoms with van der Waals surface area (Å²) >= 11 is 0. The minimum atomic E-state index is -0.955. The number of nitrogens with one attached hydrogen (secondary N) is 2. The Hall–Kier alpha value is -2.49. The van der Waals surface area contributed by atoms with Crippen molar-refractivity contribution in [3.8, 4) is 0 Å². The van der Waals surface area contributed by atoms with Gasteiger partial charge < -0.3 is 10.2 Å². The Balaban J connectivity index is 2.54. The first-order chi connectivity index (χ1) is 9.37. The minimum Gasteiger partial charge on any atom is -0.352 e. The molecule has 108 valence electrons. The summed E-state index contributed by atoms with van der Waals surface area (Å²) in [4.78, 5) is 31.8. The molecule has 10 heteroatoms. The molecule has 1 fully saturated rings. The largest absolute Gasteiger partial charge is 0.352 e. The van der Waals surface area contributed by atoms with Crippen molar-refractivity contribution in [3.63, 3.8) is 0 Å². The zero-order valence-electron chi connectivity index (χ0n) is 11.1. The van der Waals surface area contributed by atoms with Gasteiger partial charge in [-0.1, -0.05) is 0 Å². The maximum Gasteiger partial charge on any atom is 0.329 e. The Morgan fingerprint density at radius 2 is 2.30 bits per heavy atom. The van der Waals surface area contributed by atoms with E-state index in [-0.39, 0.29) is 23.4 Å². The van der Waals surface area contributed by atoms with E-state index < -0.39 is 10.5 Å². The molecule has 2 rings (SSSR count). The van der Waals surface area contributed by atoms with Gasteiger partial charge >= 0.3 is 5.69 Å². The second-order valence-electron chi connectivity index (χ2n) is 4.77. The van der Waals surface area contributed by atoms with Gasteiger partial charge in [0.25, 0.3) is 0 Å². The molecule has 1 saturated heterocycles. The number of nitrogen functional groups attached to an aromatic ring is 1. The van der Waals surface area contributed by atoms with E-state index in [1.807, 2.05) is 0 Å². The molecule has 0 bridgehead atoms. The van der Waals surface area contributed by atoms with Gasteiger partial charge in [0.1, 0.15) is 11.7 Å². The third-order valence-corrected chi connectivity index (χ3v) is 3.18. The van der Waals surface area contributed by atoms with Gasteiger partial charge in [0.2, 0.25) is 17.7 Å². The number of nitrogens with two attached hydrogens (primary N) is 1. The van der Waals surface area contributed by atoms with Crippen molar-refractivity contribution in [2.75, 3.05) is 23.4 Å². The molecule has 20 heavy (non-hydrogen) atoms. The second kappa shape index (κ2) is 4.89. The fourth-order valence-corrected chi connectivity index (χ4v) is 2.03. The first-order valence-electron chi connectivity index (χ1n) is 5.92. The highest BCUT2D eigenvalue weighted by atomic mass is 16.6. The van der Waals surface area contributed by atoms with E-state index in [1.165, 1.54) is 0 Å². The number of anilines is 2. The summed E-state index contributed by atoms with van der Waals surface area (Å²) in [5.41, 5.74) is 1.01. The summed E-state index contributed by atoms with van der Waals surface area (Å²) < 4.78 is 0. The van der Waals surface area contributed by atoms with Crippen LogP contribution in [0.4, 0.5) is 17.5 Å². The lowest BCUT2D eigenvalue weighted by Gasteiger charge is -2.41. The summed E-state index contributed by atoms with van der Waals surface area (Å²) in [5, 5.41) is 13.8. The van der Waals surface area contributed by atoms with Gasteiger partial charge in [0.05, 0.1) is 4.92 Å². The SMILES string of the molecule is CC1(C)C(=O)NCCN1c1nc(NN)ncc1[N+](=O)[O-]. The standard InChI is InChI=1S/C10H15N7O3/c1-10(2)8(18)12-3-4-16(10)7-6(17(19)20)5-13-9(14-7)15-11/h5H,3-4,11H2,1-2H3,(H,12,18)(H,13,14,15). The average molecular weight is 281 g/mol. The maximum absolute atomic E-state index is 11.9. The molecule has 1 aliphatic heterocycles. The molecule has 1 aliphatic rings. The van der Waals surface area contributed by atoms with E-state index in [9.17, 15) is 14.9 Å². The van der Waals surface area contributed by atoms with Gasteiger partial charge in [0.15, 0.2) is 0 Å². The Morgan fingerprint density at radius 3 is 2.90 bits per heavy atom. The molecule has 0 aliphatic carbocycles. The van der Waals surface area contributed by atoms with Crippen LogP contribution in [0.3, 0.4) is 0 Å². The maximum atomic E-state index is 11.9. The van der Waals surface area contributed by atoms with Gasteiger partial charge in [-0.25, -0.2) is 10.8 Å². The zero-order chi connectivity index (χ0) is 14.9. The fraction of sp³-hybridized carbons (Fsp3) is 0.500. The van der Waals surface area contributed by atoms with Gasteiger partial charge in [-0.15, -0.1) is 0 Å². The molecular formula is C10H15N7O3. The van der Waals surface area contributed by atoms with Gasteiger partial charge in [-0.2, -0.15) is 4.98 Å². The molecule has 0 radical (unpaired) electrons. The van der Waals surface area contributed by atoms with Gasteiger partial charge in [0, 0.05) is 13.1 Å². The van der Waals surface area contributed by atoms with E-state index in [1.54, 1.807) is 18.7 Å². The number of piperazine rings is 1. The lowest BCUT2D eigenvalue weighted by Crippen LogP contribution is -2.62. The highest BCUT2D eigenvalue weighted by molar-refractivity contribution is 5.90. The summed E-state index contributed by atoms with van der Waals surface area (Å²) in [6.45, 7) is 4.13. The lowest BCUT2D eigenvalue weighted by atomic mass is 9.99. The fourth-order valence-electron chi connectivity index (χ4n) is 2.03. The lowest BCUT2D eigenvalue weighted by molar-refractivity contribution is -0.384. The second-order valence-corrected chi connectivity index (χ2v) is 4.77. The summed E-state index contributed by atoms with van der Waals surface area (Å²) in [7, 11) is 0. The number of amides is 1. The molecular weight excluding hydrogens is 266 g/mol. The Morgan fingerprint density at radius 1 is 1.60 bits per heavy atom. The van der Waals surface area contributed by atoms with Crippen molar-refractivity contribution in [2.45, 2.75) is 19.4 Å². The highest BCUT2D eigenvalue weighted by Crippen LogP contribution is 2.32. The topological polar surface area (TPSA) is 139 Å². The molecule has 1 aromatic heterocycles. The molecule has 2 heterocycles. The molecule has 10 nitrogen and oxygen atoms in total. The van der Waals surface area contributed by atoms with Crippen LogP contribution in [0, 0.1) is 10.1 Å². The quantitative estimate of drug-likeness (QED) is 0.378. The van der Waals surface area contributed by atoms with E-state index in [2.05, 4.69) is 20.7 Å². The van der Waals surface area contributed by atoms with Crippen molar-refractivity contribution in [1.82, 2.24) is 15.3 Å². The molecule has 4 N–H and O–H groups in total. The van der Waals surface area contributed by atoms with Crippen molar-refractivity contribution >= 4 is 23.4 Å². The van der Waals surface area contributed by atoms with Crippen LogP contribution >= 0.6 is 0 Å². The normalized spacial score (nSPS) is 17.6. The van der Waals surface area contributed by atoms with Crippen LogP contribution in [-0.4, -0.2) is 39.4 Å². The highest BCUT2D eigenvalue weighted by Gasteiger charge is 2.41. The van der Waals surface area contributed by atoms with E-state index >= 15 is 0 Å². The third kappa shape index (κ3) is 2.20. The van der Waals surface area contributed by atoms with Crippen LogP contribution in [0.25, 0.3) is 0 Å². The Labute approximate surface area is 114 Å². The summed E-state index contributed by atoms with van der Waals surface area (Å²) in [5.74, 6) is 5.12. The number of aromatic nitrogens is 2. The number of hydrazine groups is 1. The Kier molecular flexibility index (Phi) is 3.40. The number of nitrogens with zero attached hydrogens (tertiary/aromatic N) is 4. The average Bonchev–Trinajstić information content (AvgIpc) is 2.41. The van der Waals surface area contributed by atoms with E-state index in [0.29, 0.717) is 13.1 Å².